The second-order valence-corrected chi connectivity index (χ2v) is 4.73. The van der Waals surface area contributed by atoms with Crippen LogP contribution in [0.15, 0.2) is 21.7 Å². The molecule has 0 saturated heterocycles. The van der Waals surface area contributed by atoms with Gasteiger partial charge in [0, 0.05) is 37.7 Å². The molecule has 0 saturated carbocycles. The number of H-pyrrole nitrogens is 2. The third-order valence-electron chi connectivity index (χ3n) is 3.30. The van der Waals surface area contributed by atoms with Crippen LogP contribution in [0.2, 0.25) is 0 Å². The van der Waals surface area contributed by atoms with E-state index in [4.69, 9.17) is 0 Å². The number of non-ortho nitro benzene ring substituents is 1. The van der Waals surface area contributed by atoms with Crippen molar-refractivity contribution < 1.29 is 9.72 Å². The Kier molecular flexibility index (Phi) is 4.06. The van der Waals surface area contributed by atoms with Gasteiger partial charge in [-0.3, -0.25) is 24.5 Å². The first-order valence-corrected chi connectivity index (χ1v) is 6.52. The lowest BCUT2D eigenvalue weighted by Crippen LogP contribution is -2.31. The molecule has 0 radical (unpaired) electrons. The number of benzene rings is 1. The number of carbonyl (C=O) groups excluding carboxylic acids is 1. The molecule has 1 heterocycles. The lowest BCUT2D eigenvalue weighted by Gasteiger charge is -2.19. The zero-order valence-electron chi connectivity index (χ0n) is 12.0. The third kappa shape index (κ3) is 2.87. The highest BCUT2D eigenvalue weighted by Gasteiger charge is 2.16. The summed E-state index contributed by atoms with van der Waals surface area (Å²) >= 11 is 0. The summed E-state index contributed by atoms with van der Waals surface area (Å²) in [6.45, 7) is 3.65. The average molecular weight is 306 g/mol. The molecule has 0 bridgehead atoms. The van der Waals surface area contributed by atoms with E-state index in [1.165, 1.54) is 24.0 Å². The summed E-state index contributed by atoms with van der Waals surface area (Å²) in [5.74, 6) is -0.200. The number of carbonyl (C=O) groups is 1. The fourth-order valence-corrected chi connectivity index (χ4v) is 2.16. The van der Waals surface area contributed by atoms with Gasteiger partial charge in [-0.05, 0) is 6.92 Å². The molecule has 1 aromatic heterocycles. The van der Waals surface area contributed by atoms with Gasteiger partial charge >= 0.3 is 11.1 Å². The van der Waals surface area contributed by atoms with Crippen molar-refractivity contribution in [1.29, 1.82) is 0 Å². The van der Waals surface area contributed by atoms with Gasteiger partial charge in [0.2, 0.25) is 5.91 Å². The number of nitro benzene ring substituents is 1. The first kappa shape index (κ1) is 15.4. The first-order valence-electron chi connectivity index (χ1n) is 6.52. The fraction of sp³-hybridized carbons (Fsp3) is 0.308. The van der Waals surface area contributed by atoms with Crippen LogP contribution >= 0.6 is 0 Å². The minimum atomic E-state index is -0.891. The summed E-state index contributed by atoms with van der Waals surface area (Å²) in [5, 5.41) is 11.0. The number of amides is 1. The Hall–Kier alpha value is -2.97. The van der Waals surface area contributed by atoms with Gasteiger partial charge in [-0.25, -0.2) is 0 Å². The molecular formula is C13H14N4O5. The number of aromatic nitrogens is 2. The average Bonchev–Trinajstić information content (AvgIpc) is 2.45. The van der Waals surface area contributed by atoms with E-state index >= 15 is 0 Å². The lowest BCUT2D eigenvalue weighted by molar-refractivity contribution is -0.384. The number of nitrogens with one attached hydrogen (secondary N) is 2. The molecule has 0 aliphatic carbocycles. The van der Waals surface area contributed by atoms with E-state index < -0.39 is 16.0 Å². The van der Waals surface area contributed by atoms with Crippen molar-refractivity contribution in [1.82, 2.24) is 14.9 Å². The van der Waals surface area contributed by atoms with Crippen LogP contribution in [0.3, 0.4) is 0 Å². The standard InChI is InChI=1S/C13H14N4O5/c1-3-16(7(2)18)6-8-4-9(17(21)22)5-10-11(8)15-13(20)12(19)14-10/h4-5H,3,6H2,1-2H3,(H,14,19)(H,15,20). The Bertz CT molecular complexity index is 867. The lowest BCUT2D eigenvalue weighted by atomic mass is 10.1. The molecule has 0 unspecified atom stereocenters. The van der Waals surface area contributed by atoms with Gasteiger partial charge in [0.25, 0.3) is 5.69 Å². The maximum atomic E-state index is 11.5. The van der Waals surface area contributed by atoms with Crippen molar-refractivity contribution in [2.75, 3.05) is 6.54 Å². The number of nitrogens with zero attached hydrogens (tertiary/aromatic N) is 2. The molecule has 22 heavy (non-hydrogen) atoms. The highest BCUT2D eigenvalue weighted by atomic mass is 16.6. The van der Waals surface area contributed by atoms with E-state index in [0.717, 1.165) is 0 Å². The summed E-state index contributed by atoms with van der Waals surface area (Å²) in [5.41, 5.74) is -1.17. The molecule has 0 aliphatic rings. The largest absolute Gasteiger partial charge is 0.339 e. The molecule has 0 spiro atoms. The van der Waals surface area contributed by atoms with Gasteiger partial charge in [-0.15, -0.1) is 0 Å². The second kappa shape index (κ2) is 5.80. The highest BCUT2D eigenvalue weighted by Crippen LogP contribution is 2.22. The minimum absolute atomic E-state index is 0.0893. The maximum Gasteiger partial charge on any atom is 0.314 e. The van der Waals surface area contributed by atoms with Crippen LogP contribution in [-0.2, 0) is 11.3 Å². The molecule has 0 atom stereocenters. The predicted octanol–water partition coefficient (Wildman–Crippen LogP) is 0.493. The monoisotopic (exact) mass is 306 g/mol. The molecule has 0 fully saturated rings. The SMILES string of the molecule is CCN(Cc1cc([N+](=O)[O-])cc2[nH]c(=O)c(=O)[nH]c12)C(C)=O. The summed E-state index contributed by atoms with van der Waals surface area (Å²) in [4.78, 5) is 50.9. The molecule has 9 heteroatoms. The molecule has 1 amide bonds. The second-order valence-electron chi connectivity index (χ2n) is 4.73. The number of aromatic amines is 2. The minimum Gasteiger partial charge on any atom is -0.339 e. The fourth-order valence-electron chi connectivity index (χ4n) is 2.16. The smallest absolute Gasteiger partial charge is 0.314 e. The molecule has 1 aromatic carbocycles. The van der Waals surface area contributed by atoms with Gasteiger partial charge < -0.3 is 14.9 Å². The Balaban J connectivity index is 2.71. The Morgan fingerprint density at radius 1 is 1.27 bits per heavy atom. The molecule has 2 rings (SSSR count). The van der Waals surface area contributed by atoms with E-state index in [9.17, 15) is 24.5 Å². The highest BCUT2D eigenvalue weighted by molar-refractivity contribution is 5.81. The summed E-state index contributed by atoms with van der Waals surface area (Å²) in [6.07, 6.45) is 0. The number of rotatable bonds is 4. The van der Waals surface area contributed by atoms with Crippen LogP contribution in [0.4, 0.5) is 5.69 Å². The summed E-state index contributed by atoms with van der Waals surface area (Å²) in [7, 11) is 0. The van der Waals surface area contributed by atoms with Crippen LogP contribution in [0.25, 0.3) is 11.0 Å². The summed E-state index contributed by atoms with van der Waals surface area (Å²) < 4.78 is 0. The van der Waals surface area contributed by atoms with Crippen molar-refractivity contribution in [2.45, 2.75) is 20.4 Å². The van der Waals surface area contributed by atoms with Crippen LogP contribution in [0.5, 0.6) is 0 Å². The maximum absolute atomic E-state index is 11.5. The van der Waals surface area contributed by atoms with Crippen LogP contribution < -0.4 is 11.1 Å². The Morgan fingerprint density at radius 2 is 1.91 bits per heavy atom. The van der Waals surface area contributed by atoms with Crippen molar-refractivity contribution in [3.8, 4) is 0 Å². The molecule has 9 nitrogen and oxygen atoms in total. The van der Waals surface area contributed by atoms with Crippen molar-refractivity contribution in [3.05, 3.63) is 48.5 Å². The van der Waals surface area contributed by atoms with Crippen molar-refractivity contribution >= 4 is 22.6 Å². The van der Waals surface area contributed by atoms with Crippen LogP contribution in [0.1, 0.15) is 19.4 Å². The summed E-state index contributed by atoms with van der Waals surface area (Å²) in [6, 6.07) is 2.45. The molecule has 2 N–H and O–H groups in total. The third-order valence-corrected chi connectivity index (χ3v) is 3.30. The zero-order chi connectivity index (χ0) is 16.4. The van der Waals surface area contributed by atoms with E-state index in [1.54, 1.807) is 6.92 Å². The number of nitro groups is 1. The molecular weight excluding hydrogens is 292 g/mol. The Labute approximate surface area is 123 Å². The predicted molar refractivity (Wildman–Crippen MR) is 78.6 cm³/mol. The van der Waals surface area contributed by atoms with Gasteiger partial charge in [-0.2, -0.15) is 0 Å². The molecule has 0 aliphatic heterocycles. The van der Waals surface area contributed by atoms with Crippen LogP contribution in [0, 0.1) is 10.1 Å². The van der Waals surface area contributed by atoms with Gasteiger partial charge in [0.05, 0.1) is 16.0 Å². The van der Waals surface area contributed by atoms with Crippen LogP contribution in [-0.4, -0.2) is 32.2 Å². The van der Waals surface area contributed by atoms with E-state index in [0.29, 0.717) is 12.1 Å². The number of hydrogen-bond acceptors (Lipinski definition) is 5. The van der Waals surface area contributed by atoms with Crippen molar-refractivity contribution in [3.63, 3.8) is 0 Å². The van der Waals surface area contributed by atoms with E-state index in [1.807, 2.05) is 0 Å². The van der Waals surface area contributed by atoms with Gasteiger partial charge in [0.1, 0.15) is 0 Å². The molecule has 2 aromatic rings. The quantitative estimate of drug-likeness (QED) is 0.482. The van der Waals surface area contributed by atoms with Gasteiger partial charge in [0.15, 0.2) is 0 Å². The number of fused-ring (bicyclic) bond motifs is 1. The molecule has 116 valence electrons. The first-order chi connectivity index (χ1) is 10.3. The van der Waals surface area contributed by atoms with Crippen molar-refractivity contribution in [2.24, 2.45) is 0 Å². The van der Waals surface area contributed by atoms with E-state index in [2.05, 4.69) is 9.97 Å². The van der Waals surface area contributed by atoms with E-state index in [-0.39, 0.29) is 29.2 Å². The normalized spacial score (nSPS) is 10.6. The van der Waals surface area contributed by atoms with Gasteiger partial charge in [-0.1, -0.05) is 0 Å². The Morgan fingerprint density at radius 3 is 2.45 bits per heavy atom. The number of hydrogen-bond donors (Lipinski definition) is 2. The topological polar surface area (TPSA) is 129 Å². The zero-order valence-corrected chi connectivity index (χ0v) is 12.0.